The van der Waals surface area contributed by atoms with Crippen LogP contribution in [0.1, 0.15) is 17.3 Å². The molecule has 0 aromatic heterocycles. The number of amides is 1. The van der Waals surface area contributed by atoms with Crippen molar-refractivity contribution in [1.29, 1.82) is 0 Å². The standard InChI is InChI=1S/C11H14N2O5S/c1-7(11(15)16)13-19(17,18)9-5-3-8(4-6-9)10(14)12-2/h3-7,13H,1-2H3,(H,12,14)(H,15,16)/t7-/m0/s1. The van der Waals surface area contributed by atoms with Crippen molar-refractivity contribution >= 4 is 21.9 Å². The predicted octanol–water partition coefficient (Wildman–Crippen LogP) is -0.202. The minimum absolute atomic E-state index is 0.103. The van der Waals surface area contributed by atoms with Gasteiger partial charge in [-0.1, -0.05) is 0 Å². The molecule has 1 aromatic carbocycles. The highest BCUT2D eigenvalue weighted by Crippen LogP contribution is 2.11. The van der Waals surface area contributed by atoms with Gasteiger partial charge in [0.25, 0.3) is 5.91 Å². The SMILES string of the molecule is CNC(=O)c1ccc(S(=O)(=O)N[C@@H](C)C(=O)O)cc1. The van der Waals surface area contributed by atoms with Gasteiger partial charge in [-0.05, 0) is 31.2 Å². The molecule has 0 heterocycles. The molecule has 0 radical (unpaired) electrons. The van der Waals surface area contributed by atoms with Crippen molar-refractivity contribution in [3.05, 3.63) is 29.8 Å². The third-order valence-electron chi connectivity index (χ3n) is 2.36. The zero-order chi connectivity index (χ0) is 14.6. The number of benzene rings is 1. The lowest BCUT2D eigenvalue weighted by Crippen LogP contribution is -2.38. The summed E-state index contributed by atoms with van der Waals surface area (Å²) in [6, 6.07) is 3.93. The van der Waals surface area contributed by atoms with Crippen LogP contribution in [0.15, 0.2) is 29.2 Å². The van der Waals surface area contributed by atoms with Crippen LogP contribution in [0, 0.1) is 0 Å². The summed E-state index contributed by atoms with van der Waals surface area (Å²) >= 11 is 0. The molecule has 8 heteroatoms. The lowest BCUT2D eigenvalue weighted by atomic mass is 10.2. The molecule has 0 aliphatic rings. The van der Waals surface area contributed by atoms with E-state index >= 15 is 0 Å². The summed E-state index contributed by atoms with van der Waals surface area (Å²) < 4.78 is 25.7. The Hall–Kier alpha value is -1.93. The first-order chi connectivity index (χ1) is 8.77. The van der Waals surface area contributed by atoms with E-state index in [9.17, 15) is 18.0 Å². The molecule has 0 spiro atoms. The fraction of sp³-hybridized carbons (Fsp3) is 0.273. The second-order valence-corrected chi connectivity index (χ2v) is 5.50. The van der Waals surface area contributed by atoms with Crippen LogP contribution >= 0.6 is 0 Å². The Bertz CT molecular complexity index is 580. The molecular weight excluding hydrogens is 272 g/mol. The summed E-state index contributed by atoms with van der Waals surface area (Å²) in [6.07, 6.45) is 0. The van der Waals surface area contributed by atoms with Crippen LogP contribution in [0.25, 0.3) is 0 Å². The number of carboxylic acid groups (broad SMARTS) is 1. The minimum atomic E-state index is -3.92. The van der Waals surface area contributed by atoms with Crippen LogP contribution in [-0.2, 0) is 14.8 Å². The van der Waals surface area contributed by atoms with E-state index in [0.29, 0.717) is 5.56 Å². The number of aliphatic carboxylic acids is 1. The van der Waals surface area contributed by atoms with E-state index in [1.54, 1.807) is 0 Å². The van der Waals surface area contributed by atoms with Gasteiger partial charge in [-0.2, -0.15) is 4.72 Å². The molecule has 1 aromatic rings. The smallest absolute Gasteiger partial charge is 0.321 e. The largest absolute Gasteiger partial charge is 0.480 e. The van der Waals surface area contributed by atoms with Gasteiger partial charge in [-0.3, -0.25) is 9.59 Å². The average molecular weight is 286 g/mol. The maximum Gasteiger partial charge on any atom is 0.321 e. The maximum atomic E-state index is 11.8. The molecule has 7 nitrogen and oxygen atoms in total. The molecule has 1 atom stereocenters. The highest BCUT2D eigenvalue weighted by molar-refractivity contribution is 7.89. The van der Waals surface area contributed by atoms with Gasteiger partial charge in [0.2, 0.25) is 10.0 Å². The second-order valence-electron chi connectivity index (χ2n) is 3.78. The van der Waals surface area contributed by atoms with Crippen LogP contribution in [-0.4, -0.2) is 38.5 Å². The number of hydrogen-bond acceptors (Lipinski definition) is 4. The van der Waals surface area contributed by atoms with Crippen LogP contribution in [0.5, 0.6) is 0 Å². The first kappa shape index (κ1) is 15.1. The van der Waals surface area contributed by atoms with E-state index in [0.717, 1.165) is 0 Å². The van der Waals surface area contributed by atoms with Gasteiger partial charge >= 0.3 is 5.97 Å². The number of carboxylic acids is 1. The number of hydrogen-bond donors (Lipinski definition) is 3. The Balaban J connectivity index is 2.97. The Morgan fingerprint density at radius 1 is 1.21 bits per heavy atom. The van der Waals surface area contributed by atoms with Crippen molar-refractivity contribution in [2.75, 3.05) is 7.05 Å². The highest BCUT2D eigenvalue weighted by atomic mass is 32.2. The summed E-state index contributed by atoms with van der Waals surface area (Å²) in [5, 5.41) is 11.1. The van der Waals surface area contributed by atoms with Crippen molar-refractivity contribution in [1.82, 2.24) is 10.0 Å². The lowest BCUT2D eigenvalue weighted by molar-refractivity contribution is -0.138. The van der Waals surface area contributed by atoms with Gasteiger partial charge in [-0.25, -0.2) is 8.42 Å². The van der Waals surface area contributed by atoms with Gasteiger partial charge in [0.15, 0.2) is 0 Å². The summed E-state index contributed by atoms with van der Waals surface area (Å²) in [5.41, 5.74) is 0.313. The summed E-state index contributed by atoms with van der Waals surface area (Å²) in [4.78, 5) is 21.8. The van der Waals surface area contributed by atoms with Crippen molar-refractivity contribution < 1.29 is 23.1 Å². The first-order valence-corrected chi connectivity index (χ1v) is 6.83. The van der Waals surface area contributed by atoms with Crippen molar-refractivity contribution in [3.8, 4) is 0 Å². The number of carbonyl (C=O) groups is 2. The molecule has 0 saturated heterocycles. The number of carbonyl (C=O) groups excluding carboxylic acids is 1. The lowest BCUT2D eigenvalue weighted by Gasteiger charge is -2.10. The molecule has 3 N–H and O–H groups in total. The van der Waals surface area contributed by atoms with E-state index in [4.69, 9.17) is 5.11 Å². The summed E-state index contributed by atoms with van der Waals surface area (Å²) in [5.74, 6) is -1.61. The molecule has 1 rings (SSSR count). The summed E-state index contributed by atoms with van der Waals surface area (Å²) in [6.45, 7) is 1.22. The van der Waals surface area contributed by atoms with Gasteiger partial charge in [0.05, 0.1) is 4.90 Å². The van der Waals surface area contributed by atoms with Crippen molar-refractivity contribution in [3.63, 3.8) is 0 Å². The Morgan fingerprint density at radius 2 is 1.74 bits per heavy atom. The predicted molar refractivity (Wildman–Crippen MR) is 67.3 cm³/mol. The third kappa shape index (κ3) is 3.76. The van der Waals surface area contributed by atoms with E-state index in [1.807, 2.05) is 4.72 Å². The van der Waals surface area contributed by atoms with Crippen LogP contribution in [0.4, 0.5) is 0 Å². The molecule has 0 saturated carbocycles. The van der Waals surface area contributed by atoms with Gasteiger partial charge < -0.3 is 10.4 Å². The maximum absolute atomic E-state index is 11.8. The van der Waals surface area contributed by atoms with Crippen LogP contribution < -0.4 is 10.0 Å². The minimum Gasteiger partial charge on any atom is -0.480 e. The van der Waals surface area contributed by atoms with Crippen molar-refractivity contribution in [2.45, 2.75) is 17.9 Å². The Kier molecular flexibility index (Phi) is 4.62. The van der Waals surface area contributed by atoms with E-state index < -0.39 is 22.0 Å². The fourth-order valence-electron chi connectivity index (χ4n) is 1.28. The third-order valence-corrected chi connectivity index (χ3v) is 3.91. The van der Waals surface area contributed by atoms with Crippen LogP contribution in [0.3, 0.4) is 0 Å². The molecular formula is C11H14N2O5S. The zero-order valence-electron chi connectivity index (χ0n) is 10.4. The topological polar surface area (TPSA) is 113 Å². The van der Waals surface area contributed by atoms with Crippen LogP contribution in [0.2, 0.25) is 0 Å². The monoisotopic (exact) mass is 286 g/mol. The fourth-order valence-corrected chi connectivity index (χ4v) is 2.48. The molecule has 0 bridgehead atoms. The second kappa shape index (κ2) is 5.81. The number of sulfonamides is 1. The molecule has 1 amide bonds. The number of nitrogens with one attached hydrogen (secondary N) is 2. The van der Waals surface area contributed by atoms with E-state index in [1.165, 1.54) is 38.2 Å². The quantitative estimate of drug-likeness (QED) is 0.693. The van der Waals surface area contributed by atoms with Crippen molar-refractivity contribution in [2.24, 2.45) is 0 Å². The van der Waals surface area contributed by atoms with E-state index in [-0.39, 0.29) is 10.8 Å². The normalized spacial score (nSPS) is 12.7. The molecule has 104 valence electrons. The molecule has 0 fully saturated rings. The van der Waals surface area contributed by atoms with Gasteiger partial charge in [-0.15, -0.1) is 0 Å². The zero-order valence-corrected chi connectivity index (χ0v) is 11.2. The van der Waals surface area contributed by atoms with E-state index in [2.05, 4.69) is 5.32 Å². The highest BCUT2D eigenvalue weighted by Gasteiger charge is 2.21. The molecule has 19 heavy (non-hydrogen) atoms. The molecule has 0 aliphatic carbocycles. The molecule has 0 unspecified atom stereocenters. The number of rotatable bonds is 5. The Morgan fingerprint density at radius 3 is 2.16 bits per heavy atom. The Labute approximate surface area is 110 Å². The average Bonchev–Trinajstić information content (AvgIpc) is 2.37. The summed E-state index contributed by atoms with van der Waals surface area (Å²) in [7, 11) is -2.45. The first-order valence-electron chi connectivity index (χ1n) is 5.35. The van der Waals surface area contributed by atoms with Gasteiger partial charge in [0, 0.05) is 12.6 Å². The molecule has 0 aliphatic heterocycles. The van der Waals surface area contributed by atoms with Gasteiger partial charge in [0.1, 0.15) is 6.04 Å².